The average molecular weight is 350 g/mol. The number of hydrogen-bond acceptors (Lipinski definition) is 2. The summed E-state index contributed by atoms with van der Waals surface area (Å²) in [6.45, 7) is 4.07. The van der Waals surface area contributed by atoms with Crippen LogP contribution in [0.4, 0.5) is 0 Å². The zero-order valence-electron chi connectivity index (χ0n) is 16.4. The topological polar surface area (TPSA) is 37.4 Å². The summed E-state index contributed by atoms with van der Waals surface area (Å²) in [5, 5.41) is 0. The van der Waals surface area contributed by atoms with Crippen LogP contribution in [0.25, 0.3) is 0 Å². The first kappa shape index (κ1) is 21.9. The van der Waals surface area contributed by atoms with Gasteiger partial charge in [0.25, 0.3) is 0 Å². The van der Waals surface area contributed by atoms with E-state index in [-0.39, 0.29) is 5.91 Å². The van der Waals surface area contributed by atoms with Crippen LogP contribution in [0.5, 0.6) is 0 Å². The SMILES string of the molecule is CCCCCCC(=O)CCCCCCCCC=CC(=O)N1CCCC1. The molecule has 0 aromatic rings. The second-order valence-corrected chi connectivity index (χ2v) is 7.44. The summed E-state index contributed by atoms with van der Waals surface area (Å²) in [6, 6.07) is 0. The number of carbonyl (C=O) groups excluding carboxylic acids is 2. The molecular formula is C22H39NO2. The Labute approximate surface area is 155 Å². The van der Waals surface area contributed by atoms with Crippen molar-refractivity contribution in [2.75, 3.05) is 13.1 Å². The molecule has 0 aliphatic carbocycles. The molecule has 1 heterocycles. The Hall–Kier alpha value is -1.12. The van der Waals surface area contributed by atoms with Gasteiger partial charge in [-0.1, -0.05) is 57.9 Å². The van der Waals surface area contributed by atoms with Gasteiger partial charge in [-0.05, 0) is 44.6 Å². The molecule has 0 aromatic heterocycles. The summed E-state index contributed by atoms with van der Waals surface area (Å²) in [5.41, 5.74) is 0. The van der Waals surface area contributed by atoms with Gasteiger partial charge in [0, 0.05) is 25.9 Å². The van der Waals surface area contributed by atoms with Gasteiger partial charge in [-0.15, -0.1) is 0 Å². The highest BCUT2D eigenvalue weighted by Gasteiger charge is 2.14. The van der Waals surface area contributed by atoms with Crippen molar-refractivity contribution in [2.45, 2.75) is 103 Å². The molecule has 0 unspecified atom stereocenters. The summed E-state index contributed by atoms with van der Waals surface area (Å²) in [4.78, 5) is 25.5. The normalized spacial score (nSPS) is 14.5. The van der Waals surface area contributed by atoms with Crippen molar-refractivity contribution in [1.82, 2.24) is 4.90 Å². The Kier molecular flexibility index (Phi) is 13.3. The first-order valence-electron chi connectivity index (χ1n) is 10.7. The lowest BCUT2D eigenvalue weighted by molar-refractivity contribution is -0.125. The summed E-state index contributed by atoms with van der Waals surface area (Å²) in [7, 11) is 0. The molecule has 3 heteroatoms. The molecule has 1 aliphatic rings. The second kappa shape index (κ2) is 15.2. The Morgan fingerprint density at radius 3 is 2.00 bits per heavy atom. The molecule has 144 valence electrons. The molecule has 0 atom stereocenters. The first-order chi connectivity index (χ1) is 12.2. The largest absolute Gasteiger partial charge is 0.339 e. The zero-order valence-corrected chi connectivity index (χ0v) is 16.4. The highest BCUT2D eigenvalue weighted by Crippen LogP contribution is 2.12. The van der Waals surface area contributed by atoms with Crippen molar-refractivity contribution >= 4 is 11.7 Å². The summed E-state index contributed by atoms with van der Waals surface area (Å²) in [5.74, 6) is 0.653. The Bertz CT molecular complexity index is 383. The molecule has 0 N–H and O–H groups in total. The van der Waals surface area contributed by atoms with E-state index in [2.05, 4.69) is 6.92 Å². The van der Waals surface area contributed by atoms with Crippen LogP contribution in [0.2, 0.25) is 0 Å². The number of unbranched alkanes of at least 4 members (excludes halogenated alkanes) is 9. The van der Waals surface area contributed by atoms with Crippen molar-refractivity contribution in [2.24, 2.45) is 0 Å². The molecule has 1 aliphatic heterocycles. The molecule has 1 amide bonds. The first-order valence-corrected chi connectivity index (χ1v) is 10.7. The number of ketones is 1. The minimum absolute atomic E-state index is 0.192. The van der Waals surface area contributed by atoms with Crippen molar-refractivity contribution in [3.63, 3.8) is 0 Å². The number of likely N-dealkylation sites (tertiary alicyclic amines) is 1. The summed E-state index contributed by atoms with van der Waals surface area (Å²) >= 11 is 0. The highest BCUT2D eigenvalue weighted by molar-refractivity contribution is 5.87. The number of amides is 1. The minimum Gasteiger partial charge on any atom is -0.339 e. The van der Waals surface area contributed by atoms with Gasteiger partial charge in [0.05, 0.1) is 0 Å². The van der Waals surface area contributed by atoms with Gasteiger partial charge in [0.15, 0.2) is 0 Å². The van der Waals surface area contributed by atoms with E-state index in [1.165, 1.54) is 51.4 Å². The maximum Gasteiger partial charge on any atom is 0.246 e. The molecule has 1 saturated heterocycles. The van der Waals surface area contributed by atoms with Gasteiger partial charge in [-0.3, -0.25) is 9.59 Å². The van der Waals surface area contributed by atoms with Gasteiger partial charge < -0.3 is 4.90 Å². The van der Waals surface area contributed by atoms with Crippen molar-refractivity contribution < 1.29 is 9.59 Å². The lowest BCUT2D eigenvalue weighted by Crippen LogP contribution is -2.25. The van der Waals surface area contributed by atoms with Gasteiger partial charge in [0.1, 0.15) is 5.78 Å². The quantitative estimate of drug-likeness (QED) is 0.276. The number of allylic oxidation sites excluding steroid dienone is 1. The number of carbonyl (C=O) groups is 2. The van der Waals surface area contributed by atoms with Crippen molar-refractivity contribution in [3.8, 4) is 0 Å². The minimum atomic E-state index is 0.192. The van der Waals surface area contributed by atoms with Gasteiger partial charge >= 0.3 is 0 Å². The van der Waals surface area contributed by atoms with Crippen LogP contribution in [0.1, 0.15) is 103 Å². The van der Waals surface area contributed by atoms with E-state index in [9.17, 15) is 9.59 Å². The molecule has 1 fully saturated rings. The average Bonchev–Trinajstić information content (AvgIpc) is 3.15. The molecule has 0 spiro atoms. The monoisotopic (exact) mass is 349 g/mol. The molecular weight excluding hydrogens is 310 g/mol. The summed E-state index contributed by atoms with van der Waals surface area (Å²) < 4.78 is 0. The van der Waals surface area contributed by atoms with Crippen LogP contribution in [0.3, 0.4) is 0 Å². The smallest absolute Gasteiger partial charge is 0.246 e. The van der Waals surface area contributed by atoms with E-state index in [0.29, 0.717) is 5.78 Å². The third-order valence-electron chi connectivity index (χ3n) is 5.06. The van der Waals surface area contributed by atoms with Gasteiger partial charge in [-0.2, -0.15) is 0 Å². The van der Waals surface area contributed by atoms with Crippen LogP contribution in [-0.2, 0) is 9.59 Å². The maximum absolute atomic E-state index is 11.8. The lowest BCUT2D eigenvalue weighted by atomic mass is 10.0. The van der Waals surface area contributed by atoms with Gasteiger partial charge in [-0.25, -0.2) is 0 Å². The van der Waals surface area contributed by atoms with E-state index in [4.69, 9.17) is 0 Å². The maximum atomic E-state index is 11.8. The van der Waals surface area contributed by atoms with E-state index >= 15 is 0 Å². The van der Waals surface area contributed by atoms with Crippen LogP contribution < -0.4 is 0 Å². The van der Waals surface area contributed by atoms with Crippen molar-refractivity contribution in [3.05, 3.63) is 12.2 Å². The Balaban J connectivity index is 1.84. The number of hydrogen-bond donors (Lipinski definition) is 0. The number of Topliss-reactive ketones (excluding diaryl/α,β-unsaturated/α-hetero) is 1. The lowest BCUT2D eigenvalue weighted by Gasteiger charge is -2.11. The molecule has 0 bridgehead atoms. The van der Waals surface area contributed by atoms with Crippen LogP contribution >= 0.6 is 0 Å². The molecule has 1 rings (SSSR count). The molecule has 25 heavy (non-hydrogen) atoms. The Morgan fingerprint density at radius 2 is 1.36 bits per heavy atom. The molecule has 0 radical (unpaired) electrons. The summed E-state index contributed by atoms with van der Waals surface area (Å²) in [6.07, 6.45) is 20.6. The van der Waals surface area contributed by atoms with Crippen LogP contribution in [0.15, 0.2) is 12.2 Å². The third kappa shape index (κ3) is 12.0. The van der Waals surface area contributed by atoms with E-state index in [1.54, 1.807) is 6.08 Å². The van der Waals surface area contributed by atoms with E-state index < -0.39 is 0 Å². The molecule has 0 aromatic carbocycles. The zero-order chi connectivity index (χ0) is 18.2. The van der Waals surface area contributed by atoms with E-state index in [0.717, 1.165) is 58.0 Å². The fourth-order valence-corrected chi connectivity index (χ4v) is 3.39. The van der Waals surface area contributed by atoms with Crippen LogP contribution in [0, 0.1) is 0 Å². The second-order valence-electron chi connectivity index (χ2n) is 7.44. The fraction of sp³-hybridized carbons (Fsp3) is 0.818. The third-order valence-corrected chi connectivity index (χ3v) is 5.06. The Morgan fingerprint density at radius 1 is 0.800 bits per heavy atom. The molecule has 3 nitrogen and oxygen atoms in total. The highest BCUT2D eigenvalue weighted by atomic mass is 16.2. The number of rotatable bonds is 15. The fourth-order valence-electron chi connectivity index (χ4n) is 3.39. The number of nitrogens with zero attached hydrogens (tertiary/aromatic N) is 1. The molecule has 0 saturated carbocycles. The predicted molar refractivity (Wildman–Crippen MR) is 106 cm³/mol. The standard InChI is InChI=1S/C22H39NO2/c1-2-3-4-11-16-21(24)17-12-9-7-5-6-8-10-13-18-22(25)23-19-14-15-20-23/h13,18H,2-12,14-17,19-20H2,1H3. The van der Waals surface area contributed by atoms with Gasteiger partial charge in [0.2, 0.25) is 5.91 Å². The van der Waals surface area contributed by atoms with Crippen LogP contribution in [-0.4, -0.2) is 29.7 Å². The predicted octanol–water partition coefficient (Wildman–Crippen LogP) is 5.83. The van der Waals surface area contributed by atoms with E-state index in [1.807, 2.05) is 11.0 Å². The van der Waals surface area contributed by atoms with Crippen molar-refractivity contribution in [1.29, 1.82) is 0 Å².